The average molecular weight is 242 g/mol. The number of nitrogens with zero attached hydrogens (tertiary/aromatic N) is 2. The first-order valence-electron chi connectivity index (χ1n) is 6.54. The fraction of sp³-hybridized carbons (Fsp3) is 0.429. The lowest BCUT2D eigenvalue weighted by atomic mass is 9.85. The van der Waals surface area contributed by atoms with Crippen LogP contribution in [0.4, 0.5) is 5.69 Å². The zero-order valence-electron chi connectivity index (χ0n) is 10.6. The Balaban J connectivity index is 1.71. The smallest absolute Gasteiger partial charge is 0.181 e. The number of benzene rings is 1. The van der Waals surface area contributed by atoms with Crippen molar-refractivity contribution < 1.29 is 0 Å². The first-order chi connectivity index (χ1) is 8.81. The minimum atomic E-state index is 0.764. The minimum Gasteiger partial charge on any atom is -0.385 e. The van der Waals surface area contributed by atoms with Crippen LogP contribution < -0.4 is 5.32 Å². The number of hydrogen-bond donors (Lipinski definition) is 2. The van der Waals surface area contributed by atoms with Gasteiger partial charge >= 0.3 is 0 Å². The predicted octanol–water partition coefficient (Wildman–Crippen LogP) is 2.99. The van der Waals surface area contributed by atoms with Crippen molar-refractivity contribution in [3.63, 3.8) is 0 Å². The van der Waals surface area contributed by atoms with Gasteiger partial charge in [0.2, 0.25) is 0 Å². The molecule has 1 aliphatic rings. The van der Waals surface area contributed by atoms with Gasteiger partial charge in [-0.25, -0.2) is 4.98 Å². The minimum absolute atomic E-state index is 0.764. The van der Waals surface area contributed by atoms with Gasteiger partial charge in [0.15, 0.2) is 5.82 Å². The van der Waals surface area contributed by atoms with E-state index in [4.69, 9.17) is 0 Å². The number of aromatic amines is 1. The van der Waals surface area contributed by atoms with Crippen molar-refractivity contribution in [3.05, 3.63) is 30.1 Å². The summed E-state index contributed by atoms with van der Waals surface area (Å²) in [6.07, 6.45) is 4.13. The summed E-state index contributed by atoms with van der Waals surface area (Å²) in [6, 6.07) is 8.30. The molecule has 0 bridgehead atoms. The highest BCUT2D eigenvalue weighted by molar-refractivity contribution is 5.62. The van der Waals surface area contributed by atoms with Crippen LogP contribution >= 0.6 is 0 Å². The Morgan fingerprint density at radius 3 is 2.94 bits per heavy atom. The van der Waals surface area contributed by atoms with Crippen LogP contribution in [-0.2, 0) is 0 Å². The fourth-order valence-corrected chi connectivity index (χ4v) is 2.20. The van der Waals surface area contributed by atoms with E-state index in [1.807, 2.05) is 19.1 Å². The van der Waals surface area contributed by atoms with Gasteiger partial charge in [-0.3, -0.25) is 5.10 Å². The lowest BCUT2D eigenvalue weighted by molar-refractivity contribution is 0.333. The van der Waals surface area contributed by atoms with E-state index in [1.165, 1.54) is 19.3 Å². The second kappa shape index (κ2) is 4.80. The number of anilines is 1. The molecular formula is C14H18N4. The fourth-order valence-electron chi connectivity index (χ4n) is 2.20. The van der Waals surface area contributed by atoms with Gasteiger partial charge in [0.1, 0.15) is 5.82 Å². The van der Waals surface area contributed by atoms with E-state index in [0.29, 0.717) is 0 Å². The van der Waals surface area contributed by atoms with E-state index in [-0.39, 0.29) is 0 Å². The van der Waals surface area contributed by atoms with Gasteiger partial charge in [0.05, 0.1) is 0 Å². The van der Waals surface area contributed by atoms with Crippen molar-refractivity contribution >= 4 is 5.69 Å². The molecule has 1 saturated carbocycles. The number of nitrogens with one attached hydrogen (secondary N) is 2. The summed E-state index contributed by atoms with van der Waals surface area (Å²) < 4.78 is 0. The lowest BCUT2D eigenvalue weighted by Crippen LogP contribution is -2.20. The maximum absolute atomic E-state index is 4.35. The molecule has 4 heteroatoms. The van der Waals surface area contributed by atoms with E-state index in [1.54, 1.807) is 0 Å². The lowest BCUT2D eigenvalue weighted by Gasteiger charge is -2.25. The maximum atomic E-state index is 4.35. The molecule has 1 aliphatic carbocycles. The van der Waals surface area contributed by atoms with Crippen molar-refractivity contribution in [1.29, 1.82) is 0 Å². The third-order valence-corrected chi connectivity index (χ3v) is 3.54. The van der Waals surface area contributed by atoms with Crippen molar-refractivity contribution in [1.82, 2.24) is 15.2 Å². The number of aromatic nitrogens is 3. The highest BCUT2D eigenvalue weighted by Gasteiger charge is 2.16. The van der Waals surface area contributed by atoms with Crippen molar-refractivity contribution in [3.8, 4) is 11.4 Å². The molecule has 18 heavy (non-hydrogen) atoms. The monoisotopic (exact) mass is 242 g/mol. The molecule has 0 radical (unpaired) electrons. The second-order valence-electron chi connectivity index (χ2n) is 5.00. The molecule has 0 saturated heterocycles. The summed E-state index contributed by atoms with van der Waals surface area (Å²) in [4.78, 5) is 4.35. The van der Waals surface area contributed by atoms with Gasteiger partial charge in [-0.2, -0.15) is 5.10 Å². The summed E-state index contributed by atoms with van der Waals surface area (Å²) in [5.74, 6) is 2.47. The number of hydrogen-bond acceptors (Lipinski definition) is 3. The Kier molecular flexibility index (Phi) is 3.00. The molecule has 0 amide bonds. The summed E-state index contributed by atoms with van der Waals surface area (Å²) >= 11 is 0. The summed E-state index contributed by atoms with van der Waals surface area (Å²) in [5, 5.41) is 10.6. The molecule has 0 aliphatic heterocycles. The van der Waals surface area contributed by atoms with Crippen molar-refractivity contribution in [2.24, 2.45) is 5.92 Å². The molecule has 1 aromatic heterocycles. The van der Waals surface area contributed by atoms with E-state index in [0.717, 1.165) is 35.4 Å². The molecule has 1 heterocycles. The van der Waals surface area contributed by atoms with Crippen LogP contribution in [0.3, 0.4) is 0 Å². The number of aryl methyl sites for hydroxylation is 1. The van der Waals surface area contributed by atoms with Gasteiger partial charge in [-0.1, -0.05) is 18.6 Å². The average Bonchev–Trinajstić information content (AvgIpc) is 2.74. The van der Waals surface area contributed by atoms with Crippen LogP contribution in [-0.4, -0.2) is 21.7 Å². The van der Waals surface area contributed by atoms with Crippen LogP contribution in [0.5, 0.6) is 0 Å². The standard InChI is InChI=1S/C14H18N4/c1-10-16-14(18-17-10)12-6-3-7-13(8-12)15-9-11-4-2-5-11/h3,6-8,11,15H,2,4-5,9H2,1H3,(H,16,17,18). The molecule has 1 aromatic carbocycles. The molecule has 0 atom stereocenters. The first kappa shape index (κ1) is 11.3. The maximum Gasteiger partial charge on any atom is 0.181 e. The van der Waals surface area contributed by atoms with Gasteiger partial charge in [-0.05, 0) is 37.8 Å². The third-order valence-electron chi connectivity index (χ3n) is 3.54. The molecule has 3 rings (SSSR count). The summed E-state index contributed by atoms with van der Waals surface area (Å²) in [7, 11) is 0. The molecule has 2 aromatic rings. The first-order valence-corrected chi connectivity index (χ1v) is 6.54. The van der Waals surface area contributed by atoms with Crippen LogP contribution in [0.2, 0.25) is 0 Å². The van der Waals surface area contributed by atoms with Crippen LogP contribution in [0.25, 0.3) is 11.4 Å². The zero-order valence-corrected chi connectivity index (χ0v) is 10.6. The highest BCUT2D eigenvalue weighted by Crippen LogP contribution is 2.27. The SMILES string of the molecule is Cc1nc(-c2cccc(NCC3CCC3)c2)n[nH]1. The second-order valence-corrected chi connectivity index (χ2v) is 5.00. The topological polar surface area (TPSA) is 53.6 Å². The van der Waals surface area contributed by atoms with E-state index < -0.39 is 0 Å². The molecule has 2 N–H and O–H groups in total. The Hall–Kier alpha value is -1.84. The number of H-pyrrole nitrogens is 1. The largest absolute Gasteiger partial charge is 0.385 e. The van der Waals surface area contributed by atoms with Crippen LogP contribution in [0, 0.1) is 12.8 Å². The Morgan fingerprint density at radius 2 is 2.28 bits per heavy atom. The molecular weight excluding hydrogens is 224 g/mol. The Morgan fingerprint density at radius 1 is 1.39 bits per heavy atom. The normalized spacial score (nSPS) is 15.4. The summed E-state index contributed by atoms with van der Waals surface area (Å²) in [5.41, 5.74) is 2.21. The Labute approximate surface area is 107 Å². The molecule has 4 nitrogen and oxygen atoms in total. The molecule has 0 spiro atoms. The van der Waals surface area contributed by atoms with Gasteiger partial charge in [0, 0.05) is 17.8 Å². The number of rotatable bonds is 4. The Bertz CT molecular complexity index is 528. The van der Waals surface area contributed by atoms with Gasteiger partial charge in [0.25, 0.3) is 0 Å². The van der Waals surface area contributed by atoms with Crippen molar-refractivity contribution in [2.45, 2.75) is 26.2 Å². The van der Waals surface area contributed by atoms with Gasteiger partial charge in [-0.15, -0.1) is 0 Å². The zero-order chi connectivity index (χ0) is 12.4. The predicted molar refractivity (Wildman–Crippen MR) is 72.4 cm³/mol. The van der Waals surface area contributed by atoms with Crippen LogP contribution in [0.1, 0.15) is 25.1 Å². The van der Waals surface area contributed by atoms with E-state index in [9.17, 15) is 0 Å². The summed E-state index contributed by atoms with van der Waals surface area (Å²) in [6.45, 7) is 2.99. The highest BCUT2D eigenvalue weighted by atomic mass is 15.2. The third kappa shape index (κ3) is 2.37. The van der Waals surface area contributed by atoms with E-state index in [2.05, 4.69) is 32.6 Å². The van der Waals surface area contributed by atoms with Gasteiger partial charge < -0.3 is 5.32 Å². The molecule has 94 valence electrons. The van der Waals surface area contributed by atoms with Crippen molar-refractivity contribution in [2.75, 3.05) is 11.9 Å². The van der Waals surface area contributed by atoms with Crippen LogP contribution in [0.15, 0.2) is 24.3 Å². The quantitative estimate of drug-likeness (QED) is 0.866. The van der Waals surface area contributed by atoms with E-state index >= 15 is 0 Å². The molecule has 1 fully saturated rings. The molecule has 0 unspecified atom stereocenters.